The van der Waals surface area contributed by atoms with Crippen LogP contribution in [0, 0.1) is 0 Å². The molecule has 18 heavy (non-hydrogen) atoms. The molecule has 0 radical (unpaired) electrons. The average molecular weight is 261 g/mol. The Morgan fingerprint density at radius 1 is 1.22 bits per heavy atom. The monoisotopic (exact) mass is 260 g/mol. The van der Waals surface area contributed by atoms with Crippen molar-refractivity contribution in [3.8, 4) is 0 Å². The second kappa shape index (κ2) is 6.17. The van der Waals surface area contributed by atoms with Gasteiger partial charge in [0.1, 0.15) is 0 Å². The van der Waals surface area contributed by atoms with Crippen molar-refractivity contribution in [2.45, 2.75) is 12.4 Å². The minimum Gasteiger partial charge on any atom is -0.346 e. The molecule has 1 amide bonds. The first kappa shape index (κ1) is 12.6. The highest BCUT2D eigenvalue weighted by molar-refractivity contribution is 6.17. The van der Waals surface area contributed by atoms with Crippen molar-refractivity contribution < 1.29 is 4.79 Å². The second-order valence-corrected chi connectivity index (χ2v) is 4.11. The van der Waals surface area contributed by atoms with Crippen LogP contribution in [0.15, 0.2) is 48.7 Å². The lowest BCUT2D eigenvalue weighted by atomic mass is 10.1. The van der Waals surface area contributed by atoms with Crippen LogP contribution in [-0.2, 0) is 12.4 Å². The number of carbonyl (C=O) groups excluding carboxylic acids is 1. The first-order chi connectivity index (χ1) is 8.79. The van der Waals surface area contributed by atoms with E-state index in [0.29, 0.717) is 18.0 Å². The maximum absolute atomic E-state index is 11.9. The molecule has 0 saturated heterocycles. The minimum atomic E-state index is -0.118. The van der Waals surface area contributed by atoms with Crippen LogP contribution in [0.3, 0.4) is 0 Å². The van der Waals surface area contributed by atoms with Crippen molar-refractivity contribution >= 4 is 17.5 Å². The van der Waals surface area contributed by atoms with Crippen molar-refractivity contribution in [3.05, 3.63) is 65.5 Å². The maximum Gasteiger partial charge on any atom is 0.251 e. The molecule has 1 aromatic carbocycles. The van der Waals surface area contributed by atoms with Gasteiger partial charge in [-0.1, -0.05) is 18.2 Å². The predicted octanol–water partition coefficient (Wildman–Crippen LogP) is 2.75. The third kappa shape index (κ3) is 3.31. The summed E-state index contributed by atoms with van der Waals surface area (Å²) in [7, 11) is 0. The maximum atomic E-state index is 11.9. The molecule has 0 aliphatic heterocycles. The summed E-state index contributed by atoms with van der Waals surface area (Å²) in [5, 5.41) is 2.82. The Kier molecular flexibility index (Phi) is 4.31. The topological polar surface area (TPSA) is 42.0 Å². The van der Waals surface area contributed by atoms with Gasteiger partial charge in [0.05, 0.1) is 12.2 Å². The lowest BCUT2D eigenvalue weighted by molar-refractivity contribution is 0.0950. The first-order valence-electron chi connectivity index (χ1n) is 5.62. The molecule has 1 N–H and O–H groups in total. The van der Waals surface area contributed by atoms with Gasteiger partial charge in [-0.05, 0) is 29.8 Å². The first-order valence-corrected chi connectivity index (χ1v) is 6.16. The number of rotatable bonds is 4. The SMILES string of the molecule is O=C(NCc1ccccn1)c1cccc(CCl)c1. The lowest BCUT2D eigenvalue weighted by Crippen LogP contribution is -2.23. The normalized spacial score (nSPS) is 10.1. The highest BCUT2D eigenvalue weighted by Crippen LogP contribution is 2.08. The third-order valence-corrected chi connectivity index (χ3v) is 2.81. The zero-order valence-electron chi connectivity index (χ0n) is 9.77. The minimum absolute atomic E-state index is 0.118. The number of benzene rings is 1. The Morgan fingerprint density at radius 2 is 2.11 bits per heavy atom. The van der Waals surface area contributed by atoms with E-state index in [2.05, 4.69) is 10.3 Å². The van der Waals surface area contributed by atoms with Gasteiger partial charge in [-0.15, -0.1) is 11.6 Å². The van der Waals surface area contributed by atoms with Crippen LogP contribution in [0.2, 0.25) is 0 Å². The van der Waals surface area contributed by atoms with Crippen molar-refractivity contribution in [1.82, 2.24) is 10.3 Å². The van der Waals surface area contributed by atoms with Crippen LogP contribution in [0.25, 0.3) is 0 Å². The molecular formula is C14H13ClN2O. The number of aromatic nitrogens is 1. The highest BCUT2D eigenvalue weighted by Gasteiger charge is 2.05. The molecule has 0 fully saturated rings. The van der Waals surface area contributed by atoms with Gasteiger partial charge in [-0.3, -0.25) is 9.78 Å². The second-order valence-electron chi connectivity index (χ2n) is 3.84. The molecule has 0 aliphatic carbocycles. The molecule has 0 aliphatic rings. The Bertz CT molecular complexity index is 528. The molecular weight excluding hydrogens is 248 g/mol. The van der Waals surface area contributed by atoms with E-state index in [9.17, 15) is 4.79 Å². The fraction of sp³-hybridized carbons (Fsp3) is 0.143. The van der Waals surface area contributed by atoms with Gasteiger partial charge >= 0.3 is 0 Å². The van der Waals surface area contributed by atoms with Crippen LogP contribution in [0.1, 0.15) is 21.6 Å². The molecule has 2 rings (SSSR count). The Balaban J connectivity index is 1.99. The smallest absolute Gasteiger partial charge is 0.251 e. The molecule has 1 aromatic heterocycles. The van der Waals surface area contributed by atoms with E-state index >= 15 is 0 Å². The highest BCUT2D eigenvalue weighted by atomic mass is 35.5. The molecule has 92 valence electrons. The summed E-state index contributed by atoms with van der Waals surface area (Å²) in [6, 6.07) is 12.9. The number of carbonyl (C=O) groups is 1. The van der Waals surface area contributed by atoms with Crippen LogP contribution in [-0.4, -0.2) is 10.9 Å². The number of pyridine rings is 1. The summed E-state index contributed by atoms with van der Waals surface area (Å²) in [6.45, 7) is 0.421. The number of hydrogen-bond acceptors (Lipinski definition) is 2. The molecule has 1 heterocycles. The molecule has 0 unspecified atom stereocenters. The Morgan fingerprint density at radius 3 is 2.83 bits per heavy atom. The van der Waals surface area contributed by atoms with Gasteiger partial charge < -0.3 is 5.32 Å². The molecule has 0 atom stereocenters. The number of nitrogens with one attached hydrogen (secondary N) is 1. The largest absolute Gasteiger partial charge is 0.346 e. The van der Waals surface area contributed by atoms with Crippen LogP contribution in [0.5, 0.6) is 0 Å². The number of nitrogens with zero attached hydrogens (tertiary/aromatic N) is 1. The average Bonchev–Trinajstić information content (AvgIpc) is 2.46. The van der Waals surface area contributed by atoms with Crippen molar-refractivity contribution in [1.29, 1.82) is 0 Å². The summed E-state index contributed by atoms with van der Waals surface area (Å²) >= 11 is 5.73. The van der Waals surface area contributed by atoms with E-state index < -0.39 is 0 Å². The predicted molar refractivity (Wildman–Crippen MR) is 71.4 cm³/mol. The van der Waals surface area contributed by atoms with E-state index in [4.69, 9.17) is 11.6 Å². The van der Waals surface area contributed by atoms with Gasteiger partial charge in [-0.2, -0.15) is 0 Å². The zero-order valence-corrected chi connectivity index (χ0v) is 10.5. The summed E-state index contributed by atoms with van der Waals surface area (Å²) < 4.78 is 0. The van der Waals surface area contributed by atoms with Gasteiger partial charge in [0.2, 0.25) is 0 Å². The standard InChI is InChI=1S/C14H13ClN2O/c15-9-11-4-3-5-12(8-11)14(18)17-10-13-6-1-2-7-16-13/h1-8H,9-10H2,(H,17,18). The summed E-state index contributed by atoms with van der Waals surface area (Å²) in [5.74, 6) is 0.286. The summed E-state index contributed by atoms with van der Waals surface area (Å²) in [5.41, 5.74) is 2.38. The van der Waals surface area contributed by atoms with E-state index in [0.717, 1.165) is 11.3 Å². The Hall–Kier alpha value is -1.87. The van der Waals surface area contributed by atoms with Crippen LogP contribution >= 0.6 is 11.6 Å². The van der Waals surface area contributed by atoms with Crippen LogP contribution < -0.4 is 5.32 Å². The molecule has 0 saturated carbocycles. The molecule has 3 nitrogen and oxygen atoms in total. The summed E-state index contributed by atoms with van der Waals surface area (Å²) in [4.78, 5) is 16.0. The number of hydrogen-bond donors (Lipinski definition) is 1. The number of amides is 1. The van der Waals surface area contributed by atoms with Gasteiger partial charge in [0, 0.05) is 17.6 Å². The van der Waals surface area contributed by atoms with E-state index in [1.807, 2.05) is 30.3 Å². The fourth-order valence-corrected chi connectivity index (χ4v) is 1.74. The zero-order chi connectivity index (χ0) is 12.8. The third-order valence-electron chi connectivity index (χ3n) is 2.50. The van der Waals surface area contributed by atoms with Crippen molar-refractivity contribution in [2.75, 3.05) is 0 Å². The van der Waals surface area contributed by atoms with Crippen molar-refractivity contribution in [3.63, 3.8) is 0 Å². The van der Waals surface area contributed by atoms with Gasteiger partial charge in [0.15, 0.2) is 0 Å². The van der Waals surface area contributed by atoms with Gasteiger partial charge in [0.25, 0.3) is 5.91 Å². The lowest BCUT2D eigenvalue weighted by Gasteiger charge is -2.05. The number of halogens is 1. The molecule has 0 spiro atoms. The Labute approximate surface area is 111 Å². The number of alkyl halides is 1. The quantitative estimate of drug-likeness (QED) is 0.859. The molecule has 4 heteroatoms. The summed E-state index contributed by atoms with van der Waals surface area (Å²) in [6.07, 6.45) is 1.70. The molecule has 2 aromatic rings. The molecule has 0 bridgehead atoms. The van der Waals surface area contributed by atoms with Crippen molar-refractivity contribution in [2.24, 2.45) is 0 Å². The fourth-order valence-electron chi connectivity index (χ4n) is 1.57. The van der Waals surface area contributed by atoms with Gasteiger partial charge in [-0.25, -0.2) is 0 Å². The van der Waals surface area contributed by atoms with E-state index in [1.54, 1.807) is 18.3 Å². The van der Waals surface area contributed by atoms with E-state index in [-0.39, 0.29) is 5.91 Å². The van der Waals surface area contributed by atoms with Crippen LogP contribution in [0.4, 0.5) is 0 Å². The van der Waals surface area contributed by atoms with E-state index in [1.165, 1.54) is 0 Å².